The zero-order chi connectivity index (χ0) is 12.1. The standard InChI is InChI=1S/C14H18N2S/c1-3-13-6-7-14(17-13)10-15-9-12-5-4-11(2)8-16-12/h4-8,15H,3,9-10H2,1-2H3. The molecule has 0 bridgehead atoms. The van der Waals surface area contributed by atoms with Crippen LogP contribution in [0.15, 0.2) is 30.5 Å². The highest BCUT2D eigenvalue weighted by atomic mass is 32.1. The van der Waals surface area contributed by atoms with E-state index in [1.165, 1.54) is 15.3 Å². The first kappa shape index (κ1) is 12.3. The van der Waals surface area contributed by atoms with Crippen LogP contribution in [0, 0.1) is 6.92 Å². The molecule has 0 aliphatic rings. The van der Waals surface area contributed by atoms with Crippen molar-refractivity contribution in [2.24, 2.45) is 0 Å². The highest BCUT2D eigenvalue weighted by Crippen LogP contribution is 2.16. The Kier molecular flexibility index (Phi) is 4.29. The van der Waals surface area contributed by atoms with Gasteiger partial charge in [0.1, 0.15) is 0 Å². The average Bonchev–Trinajstić information content (AvgIpc) is 2.80. The molecule has 90 valence electrons. The second kappa shape index (κ2) is 5.94. The Bertz CT molecular complexity index is 459. The largest absolute Gasteiger partial charge is 0.306 e. The van der Waals surface area contributed by atoms with E-state index in [1.807, 2.05) is 17.5 Å². The second-order valence-electron chi connectivity index (χ2n) is 4.15. The third kappa shape index (κ3) is 3.65. The summed E-state index contributed by atoms with van der Waals surface area (Å²) < 4.78 is 0. The topological polar surface area (TPSA) is 24.9 Å². The van der Waals surface area contributed by atoms with Gasteiger partial charge in [0.2, 0.25) is 0 Å². The first-order valence-electron chi connectivity index (χ1n) is 5.97. The van der Waals surface area contributed by atoms with Crippen LogP contribution < -0.4 is 5.32 Å². The van der Waals surface area contributed by atoms with Crippen LogP contribution in [0.4, 0.5) is 0 Å². The zero-order valence-electron chi connectivity index (χ0n) is 10.4. The fourth-order valence-electron chi connectivity index (χ4n) is 1.62. The molecule has 0 atom stereocenters. The Labute approximate surface area is 107 Å². The van der Waals surface area contributed by atoms with E-state index in [-0.39, 0.29) is 0 Å². The van der Waals surface area contributed by atoms with E-state index in [1.54, 1.807) is 0 Å². The van der Waals surface area contributed by atoms with Crippen molar-refractivity contribution >= 4 is 11.3 Å². The van der Waals surface area contributed by atoms with E-state index in [0.29, 0.717) is 0 Å². The summed E-state index contributed by atoms with van der Waals surface area (Å²) in [7, 11) is 0. The molecule has 2 aromatic heterocycles. The zero-order valence-corrected chi connectivity index (χ0v) is 11.2. The molecule has 17 heavy (non-hydrogen) atoms. The van der Waals surface area contributed by atoms with Crippen LogP contribution in [0.3, 0.4) is 0 Å². The molecule has 0 aliphatic heterocycles. The Morgan fingerprint density at radius 1 is 1.12 bits per heavy atom. The summed E-state index contributed by atoms with van der Waals surface area (Å²) in [6.07, 6.45) is 3.04. The SMILES string of the molecule is CCc1ccc(CNCc2ccc(C)cn2)s1. The molecule has 2 heterocycles. The van der Waals surface area contributed by atoms with Gasteiger partial charge < -0.3 is 5.32 Å². The number of aromatic nitrogens is 1. The average molecular weight is 246 g/mol. The summed E-state index contributed by atoms with van der Waals surface area (Å²) in [6.45, 7) is 6.02. The summed E-state index contributed by atoms with van der Waals surface area (Å²) >= 11 is 1.89. The molecule has 3 heteroatoms. The number of nitrogens with zero attached hydrogens (tertiary/aromatic N) is 1. The Morgan fingerprint density at radius 3 is 2.59 bits per heavy atom. The molecule has 0 aromatic carbocycles. The van der Waals surface area contributed by atoms with Crippen molar-refractivity contribution in [1.29, 1.82) is 0 Å². The summed E-state index contributed by atoms with van der Waals surface area (Å²) in [6, 6.07) is 8.60. The maximum absolute atomic E-state index is 4.37. The van der Waals surface area contributed by atoms with Gasteiger partial charge in [0, 0.05) is 29.0 Å². The molecule has 2 rings (SSSR count). The van der Waals surface area contributed by atoms with Gasteiger partial charge in [-0.25, -0.2) is 0 Å². The number of hydrogen-bond donors (Lipinski definition) is 1. The molecule has 0 saturated carbocycles. The first-order valence-corrected chi connectivity index (χ1v) is 6.79. The highest BCUT2D eigenvalue weighted by molar-refractivity contribution is 7.11. The van der Waals surface area contributed by atoms with Crippen molar-refractivity contribution < 1.29 is 0 Å². The summed E-state index contributed by atoms with van der Waals surface area (Å²) in [5, 5.41) is 3.42. The predicted octanol–water partition coefficient (Wildman–Crippen LogP) is 3.30. The second-order valence-corrected chi connectivity index (χ2v) is 5.40. The van der Waals surface area contributed by atoms with Crippen LogP contribution in [-0.4, -0.2) is 4.98 Å². The lowest BCUT2D eigenvalue weighted by molar-refractivity contribution is 0.686. The van der Waals surface area contributed by atoms with Gasteiger partial charge in [-0.15, -0.1) is 11.3 Å². The number of pyridine rings is 1. The lowest BCUT2D eigenvalue weighted by Crippen LogP contribution is -2.12. The fraction of sp³-hybridized carbons (Fsp3) is 0.357. The van der Waals surface area contributed by atoms with Crippen LogP contribution in [-0.2, 0) is 19.5 Å². The van der Waals surface area contributed by atoms with Crippen LogP contribution in [0.2, 0.25) is 0 Å². The number of aryl methyl sites for hydroxylation is 2. The number of nitrogens with one attached hydrogen (secondary N) is 1. The highest BCUT2D eigenvalue weighted by Gasteiger charge is 1.99. The van der Waals surface area contributed by atoms with Gasteiger partial charge in [0.25, 0.3) is 0 Å². The summed E-state index contributed by atoms with van der Waals surface area (Å²) in [4.78, 5) is 7.22. The summed E-state index contributed by atoms with van der Waals surface area (Å²) in [5.74, 6) is 0. The van der Waals surface area contributed by atoms with E-state index in [0.717, 1.165) is 25.2 Å². The van der Waals surface area contributed by atoms with Gasteiger partial charge in [0.15, 0.2) is 0 Å². The number of hydrogen-bond acceptors (Lipinski definition) is 3. The Balaban J connectivity index is 1.81. The van der Waals surface area contributed by atoms with Crippen molar-refractivity contribution in [3.05, 3.63) is 51.5 Å². The van der Waals surface area contributed by atoms with Crippen molar-refractivity contribution in [3.63, 3.8) is 0 Å². The molecule has 0 spiro atoms. The van der Waals surface area contributed by atoms with Gasteiger partial charge in [-0.2, -0.15) is 0 Å². The molecular weight excluding hydrogens is 228 g/mol. The van der Waals surface area contributed by atoms with Crippen molar-refractivity contribution in [3.8, 4) is 0 Å². The Morgan fingerprint density at radius 2 is 1.94 bits per heavy atom. The molecule has 0 radical (unpaired) electrons. The molecule has 2 nitrogen and oxygen atoms in total. The predicted molar refractivity (Wildman–Crippen MR) is 73.2 cm³/mol. The van der Waals surface area contributed by atoms with Crippen molar-refractivity contribution in [2.45, 2.75) is 33.4 Å². The lowest BCUT2D eigenvalue weighted by Gasteiger charge is -2.02. The van der Waals surface area contributed by atoms with Gasteiger partial charge in [-0.1, -0.05) is 13.0 Å². The maximum atomic E-state index is 4.37. The first-order chi connectivity index (χ1) is 8.28. The van der Waals surface area contributed by atoms with E-state index in [4.69, 9.17) is 0 Å². The van der Waals surface area contributed by atoms with Crippen molar-refractivity contribution in [1.82, 2.24) is 10.3 Å². The van der Waals surface area contributed by atoms with E-state index in [9.17, 15) is 0 Å². The third-order valence-electron chi connectivity index (χ3n) is 2.64. The number of thiophene rings is 1. The van der Waals surface area contributed by atoms with Crippen LogP contribution in [0.1, 0.15) is 27.9 Å². The monoisotopic (exact) mass is 246 g/mol. The summed E-state index contributed by atoms with van der Waals surface area (Å²) in [5.41, 5.74) is 2.31. The smallest absolute Gasteiger partial charge is 0.0541 e. The van der Waals surface area contributed by atoms with E-state index >= 15 is 0 Å². The molecule has 0 unspecified atom stereocenters. The third-order valence-corrected chi connectivity index (χ3v) is 3.87. The molecule has 0 amide bonds. The molecule has 0 fully saturated rings. The molecule has 0 aliphatic carbocycles. The minimum absolute atomic E-state index is 0.833. The van der Waals surface area contributed by atoms with Crippen molar-refractivity contribution in [2.75, 3.05) is 0 Å². The Hall–Kier alpha value is -1.19. The van der Waals surface area contributed by atoms with E-state index in [2.05, 4.69) is 48.4 Å². The molecule has 1 N–H and O–H groups in total. The maximum Gasteiger partial charge on any atom is 0.0541 e. The molecule has 2 aromatic rings. The normalized spacial score (nSPS) is 10.7. The fourth-order valence-corrected chi connectivity index (χ4v) is 2.55. The molecule has 0 saturated heterocycles. The van der Waals surface area contributed by atoms with Gasteiger partial charge >= 0.3 is 0 Å². The van der Waals surface area contributed by atoms with Crippen LogP contribution in [0.5, 0.6) is 0 Å². The van der Waals surface area contributed by atoms with Gasteiger partial charge in [0.05, 0.1) is 5.69 Å². The van der Waals surface area contributed by atoms with Crippen LogP contribution >= 0.6 is 11.3 Å². The number of rotatable bonds is 5. The minimum Gasteiger partial charge on any atom is -0.306 e. The van der Waals surface area contributed by atoms with Crippen LogP contribution in [0.25, 0.3) is 0 Å². The quantitative estimate of drug-likeness (QED) is 0.875. The van der Waals surface area contributed by atoms with E-state index < -0.39 is 0 Å². The lowest BCUT2D eigenvalue weighted by atomic mass is 10.3. The molecular formula is C14H18N2S. The van der Waals surface area contributed by atoms with Gasteiger partial charge in [-0.05, 0) is 37.1 Å². The minimum atomic E-state index is 0.833. The van der Waals surface area contributed by atoms with Gasteiger partial charge in [-0.3, -0.25) is 4.98 Å².